The lowest BCUT2D eigenvalue weighted by Crippen LogP contribution is -2.42. The number of nitrogens with one attached hydrogen (secondary N) is 1. The van der Waals surface area contributed by atoms with Crippen molar-refractivity contribution >= 4 is 11.6 Å². The number of hydrogen-bond donors (Lipinski definition) is 1. The van der Waals surface area contributed by atoms with E-state index in [0.29, 0.717) is 0 Å². The molecule has 4 aromatic rings. The third-order valence-electron chi connectivity index (χ3n) is 6.09. The normalized spacial score (nSPS) is 11.4. The summed E-state index contributed by atoms with van der Waals surface area (Å²) in [5, 5.41) is 2.05. The first-order valence-corrected chi connectivity index (χ1v) is 11.3. The van der Waals surface area contributed by atoms with E-state index in [2.05, 4.69) is 5.32 Å². The molecular weight excluding hydrogens is 473 g/mol. The Morgan fingerprint density at radius 3 is 1.17 bits per heavy atom. The van der Waals surface area contributed by atoms with E-state index < -0.39 is 46.1 Å². The molecule has 1 amide bonds. The molecule has 0 radical (unpaired) electrons. The molecule has 0 atom stereocenters. The molecule has 2 nitrogen and oxygen atoms in total. The molecule has 0 spiro atoms. The van der Waals surface area contributed by atoms with Crippen molar-refractivity contribution in [1.82, 2.24) is 0 Å². The van der Waals surface area contributed by atoms with Crippen molar-refractivity contribution in [2.75, 3.05) is 5.32 Å². The molecule has 7 heteroatoms. The third kappa shape index (κ3) is 5.30. The van der Waals surface area contributed by atoms with E-state index >= 15 is 0 Å². The summed E-state index contributed by atoms with van der Waals surface area (Å²) in [6.07, 6.45) is 0.455. The Morgan fingerprint density at radius 2 is 0.833 bits per heavy atom. The Bertz CT molecular complexity index is 1210. The predicted molar refractivity (Wildman–Crippen MR) is 128 cm³/mol. The topological polar surface area (TPSA) is 29.1 Å². The summed E-state index contributed by atoms with van der Waals surface area (Å²) in [4.78, 5) is 13.9. The summed E-state index contributed by atoms with van der Waals surface area (Å²) in [6.45, 7) is 0. The van der Waals surface area contributed by atoms with Crippen LogP contribution in [0.1, 0.15) is 16.7 Å². The zero-order valence-corrected chi connectivity index (χ0v) is 19.1. The largest absolute Gasteiger partial charge is 0.320 e. The van der Waals surface area contributed by atoms with Gasteiger partial charge in [-0.1, -0.05) is 91.0 Å². The van der Waals surface area contributed by atoms with E-state index in [0.717, 1.165) is 16.7 Å². The first-order valence-electron chi connectivity index (χ1n) is 11.3. The van der Waals surface area contributed by atoms with Crippen LogP contribution in [0, 0.1) is 34.5 Å². The van der Waals surface area contributed by atoms with Gasteiger partial charge in [0.25, 0.3) is 0 Å². The highest BCUT2D eigenvalue weighted by Gasteiger charge is 2.40. The number of halogens is 5. The Balaban J connectivity index is 1.84. The second kappa shape index (κ2) is 10.7. The molecule has 0 aliphatic heterocycles. The van der Waals surface area contributed by atoms with Gasteiger partial charge >= 0.3 is 0 Å². The van der Waals surface area contributed by atoms with Gasteiger partial charge in [-0.05, 0) is 36.0 Å². The fourth-order valence-corrected chi connectivity index (χ4v) is 4.35. The number of carbonyl (C=O) groups is 1. The summed E-state index contributed by atoms with van der Waals surface area (Å²) in [5.41, 5.74) is -0.370. The highest BCUT2D eigenvalue weighted by Crippen LogP contribution is 2.36. The SMILES string of the molecule is O=C(Nc1c(F)c(F)c(F)c(F)c1F)C(Cc1ccccc1)(Cc1ccccc1)Cc1ccccc1. The quantitative estimate of drug-likeness (QED) is 0.159. The van der Waals surface area contributed by atoms with E-state index in [1.807, 2.05) is 54.6 Å². The van der Waals surface area contributed by atoms with Crippen LogP contribution in [0.5, 0.6) is 0 Å². The number of anilines is 1. The van der Waals surface area contributed by atoms with Crippen molar-refractivity contribution in [1.29, 1.82) is 0 Å². The van der Waals surface area contributed by atoms with E-state index in [1.54, 1.807) is 36.4 Å². The molecule has 0 aliphatic carbocycles. The van der Waals surface area contributed by atoms with Crippen LogP contribution in [-0.4, -0.2) is 5.91 Å². The number of hydrogen-bond acceptors (Lipinski definition) is 1. The molecule has 4 aromatic carbocycles. The van der Waals surface area contributed by atoms with Crippen LogP contribution >= 0.6 is 0 Å². The van der Waals surface area contributed by atoms with Crippen LogP contribution < -0.4 is 5.32 Å². The smallest absolute Gasteiger partial charge is 0.231 e. The Kier molecular flexibility index (Phi) is 7.48. The highest BCUT2D eigenvalue weighted by molar-refractivity contribution is 5.96. The fourth-order valence-electron chi connectivity index (χ4n) is 4.35. The molecule has 1 N–H and O–H groups in total. The molecule has 4 rings (SSSR count). The van der Waals surface area contributed by atoms with E-state index in [4.69, 9.17) is 0 Å². The summed E-state index contributed by atoms with van der Waals surface area (Å²) >= 11 is 0. The first-order chi connectivity index (χ1) is 17.3. The van der Waals surface area contributed by atoms with Crippen molar-refractivity contribution in [3.63, 3.8) is 0 Å². The Labute approximate surface area is 205 Å². The average Bonchev–Trinajstić information content (AvgIpc) is 2.90. The van der Waals surface area contributed by atoms with Crippen molar-refractivity contribution in [3.05, 3.63) is 137 Å². The van der Waals surface area contributed by atoms with Crippen LogP contribution in [0.4, 0.5) is 27.6 Å². The van der Waals surface area contributed by atoms with Gasteiger partial charge in [-0.25, -0.2) is 22.0 Å². The van der Waals surface area contributed by atoms with Gasteiger partial charge in [0.15, 0.2) is 23.3 Å². The summed E-state index contributed by atoms with van der Waals surface area (Å²) < 4.78 is 70.3. The van der Waals surface area contributed by atoms with Gasteiger partial charge in [0.1, 0.15) is 5.69 Å². The maximum absolute atomic E-state index is 14.5. The molecule has 0 saturated carbocycles. The molecule has 0 bridgehead atoms. The highest BCUT2D eigenvalue weighted by atomic mass is 19.2. The molecule has 0 fully saturated rings. The first kappa shape index (κ1) is 25.1. The monoisotopic (exact) mass is 495 g/mol. The molecule has 0 heterocycles. The van der Waals surface area contributed by atoms with Crippen LogP contribution in [-0.2, 0) is 24.1 Å². The number of rotatable bonds is 8. The van der Waals surface area contributed by atoms with Gasteiger partial charge in [0.05, 0.1) is 5.41 Å². The van der Waals surface area contributed by atoms with Gasteiger partial charge in [-0.2, -0.15) is 0 Å². The third-order valence-corrected chi connectivity index (χ3v) is 6.09. The lowest BCUT2D eigenvalue weighted by molar-refractivity contribution is -0.125. The van der Waals surface area contributed by atoms with Crippen molar-refractivity contribution in [2.24, 2.45) is 5.41 Å². The number of benzene rings is 4. The molecule has 184 valence electrons. The molecule has 0 unspecified atom stereocenters. The molecule has 0 saturated heterocycles. The second-order valence-corrected chi connectivity index (χ2v) is 8.67. The van der Waals surface area contributed by atoms with Crippen LogP contribution in [0.25, 0.3) is 0 Å². The lowest BCUT2D eigenvalue weighted by Gasteiger charge is -2.33. The minimum absolute atomic E-state index is 0.152. The van der Waals surface area contributed by atoms with E-state index in [9.17, 15) is 26.7 Å². The minimum Gasteiger partial charge on any atom is -0.320 e. The van der Waals surface area contributed by atoms with Crippen molar-refractivity contribution < 1.29 is 26.7 Å². The zero-order valence-electron chi connectivity index (χ0n) is 19.1. The predicted octanol–water partition coefficient (Wildman–Crippen LogP) is 7.04. The Hall–Kier alpha value is -4.00. The molecule has 0 aliphatic rings. The summed E-state index contributed by atoms with van der Waals surface area (Å²) in [6, 6.07) is 27.1. The van der Waals surface area contributed by atoms with Gasteiger partial charge in [-0.3, -0.25) is 4.79 Å². The van der Waals surface area contributed by atoms with Crippen molar-refractivity contribution in [3.8, 4) is 0 Å². The Morgan fingerprint density at radius 1 is 0.528 bits per heavy atom. The van der Waals surface area contributed by atoms with Crippen molar-refractivity contribution in [2.45, 2.75) is 19.3 Å². The molecule has 36 heavy (non-hydrogen) atoms. The molecular formula is C29H22F5NO. The second-order valence-electron chi connectivity index (χ2n) is 8.67. The van der Waals surface area contributed by atoms with Gasteiger partial charge in [-0.15, -0.1) is 0 Å². The maximum Gasteiger partial charge on any atom is 0.231 e. The van der Waals surface area contributed by atoms with Crippen LogP contribution in [0.2, 0.25) is 0 Å². The lowest BCUT2D eigenvalue weighted by atomic mass is 9.71. The summed E-state index contributed by atoms with van der Waals surface area (Å²) in [7, 11) is 0. The average molecular weight is 495 g/mol. The number of carbonyl (C=O) groups excluding carboxylic acids is 1. The number of amides is 1. The van der Waals surface area contributed by atoms with E-state index in [-0.39, 0.29) is 19.3 Å². The maximum atomic E-state index is 14.5. The van der Waals surface area contributed by atoms with E-state index in [1.165, 1.54) is 0 Å². The standard InChI is InChI=1S/C29H22F5NO/c30-22-23(31)25(33)27(26(34)24(22)32)35-28(36)29(16-19-10-4-1-5-11-19,17-20-12-6-2-7-13-20)18-21-14-8-3-9-15-21/h1-15H,16-18H2,(H,35,36). The van der Waals surface area contributed by atoms with Crippen LogP contribution in [0.15, 0.2) is 91.0 Å². The zero-order chi connectivity index (χ0) is 25.7. The van der Waals surface area contributed by atoms with Gasteiger partial charge in [0.2, 0.25) is 11.7 Å². The van der Waals surface area contributed by atoms with Gasteiger partial charge in [0, 0.05) is 0 Å². The summed E-state index contributed by atoms with van der Waals surface area (Å²) in [5.74, 6) is -11.6. The molecule has 0 aromatic heterocycles. The van der Waals surface area contributed by atoms with Gasteiger partial charge < -0.3 is 5.32 Å². The fraction of sp³-hybridized carbons (Fsp3) is 0.138. The van der Waals surface area contributed by atoms with Crippen LogP contribution in [0.3, 0.4) is 0 Å². The minimum atomic E-state index is -2.29.